The first-order chi connectivity index (χ1) is 9.65. The van der Waals surface area contributed by atoms with Gasteiger partial charge in [-0.3, -0.25) is 4.79 Å². The number of carbonyl (C=O) groups is 1. The molecule has 0 atom stereocenters. The third-order valence-electron chi connectivity index (χ3n) is 2.75. The Kier molecular flexibility index (Phi) is 4.14. The zero-order valence-electron chi connectivity index (χ0n) is 11.5. The van der Waals surface area contributed by atoms with Crippen LogP contribution in [-0.4, -0.2) is 30.1 Å². The largest absolute Gasteiger partial charge is 0.479 e. The monoisotopic (exact) mass is 273 g/mol. The SMILES string of the molecule is COc1ncc(NC(=O)c2ccccc2C)c(OC)n1. The molecule has 1 amide bonds. The van der Waals surface area contributed by atoms with Gasteiger partial charge in [0.15, 0.2) is 0 Å². The van der Waals surface area contributed by atoms with E-state index in [2.05, 4.69) is 15.3 Å². The van der Waals surface area contributed by atoms with Gasteiger partial charge in [0.2, 0.25) is 5.88 Å². The third-order valence-corrected chi connectivity index (χ3v) is 2.75. The zero-order valence-corrected chi connectivity index (χ0v) is 11.5. The summed E-state index contributed by atoms with van der Waals surface area (Å²) < 4.78 is 10.0. The predicted molar refractivity (Wildman–Crippen MR) is 74.3 cm³/mol. The molecule has 0 aliphatic heterocycles. The van der Waals surface area contributed by atoms with Crippen molar-refractivity contribution in [1.82, 2.24) is 9.97 Å². The summed E-state index contributed by atoms with van der Waals surface area (Å²) in [6.07, 6.45) is 1.45. The van der Waals surface area contributed by atoms with E-state index in [0.29, 0.717) is 11.3 Å². The Balaban J connectivity index is 2.26. The number of aryl methyl sites for hydroxylation is 1. The van der Waals surface area contributed by atoms with E-state index in [1.54, 1.807) is 6.07 Å². The summed E-state index contributed by atoms with van der Waals surface area (Å²) in [7, 11) is 2.92. The second-order valence-corrected chi connectivity index (χ2v) is 4.05. The number of methoxy groups -OCH3 is 2. The first kappa shape index (κ1) is 13.8. The van der Waals surface area contributed by atoms with Crippen molar-refractivity contribution in [2.45, 2.75) is 6.92 Å². The van der Waals surface area contributed by atoms with Crippen LogP contribution in [0.4, 0.5) is 5.69 Å². The number of amides is 1. The van der Waals surface area contributed by atoms with E-state index in [1.807, 2.05) is 25.1 Å². The van der Waals surface area contributed by atoms with Gasteiger partial charge >= 0.3 is 6.01 Å². The second-order valence-electron chi connectivity index (χ2n) is 4.05. The lowest BCUT2D eigenvalue weighted by molar-refractivity contribution is 0.102. The Bertz CT molecular complexity index is 629. The first-order valence-electron chi connectivity index (χ1n) is 5.97. The van der Waals surface area contributed by atoms with Crippen molar-refractivity contribution in [3.63, 3.8) is 0 Å². The number of hydrogen-bond acceptors (Lipinski definition) is 5. The van der Waals surface area contributed by atoms with Crippen LogP contribution in [0, 0.1) is 6.92 Å². The van der Waals surface area contributed by atoms with Gasteiger partial charge in [0.1, 0.15) is 5.69 Å². The van der Waals surface area contributed by atoms with Crippen LogP contribution in [0.5, 0.6) is 11.9 Å². The average Bonchev–Trinajstić information content (AvgIpc) is 2.48. The van der Waals surface area contributed by atoms with Crippen molar-refractivity contribution in [3.8, 4) is 11.9 Å². The van der Waals surface area contributed by atoms with Gasteiger partial charge in [-0.15, -0.1) is 0 Å². The van der Waals surface area contributed by atoms with Crippen LogP contribution in [-0.2, 0) is 0 Å². The molecule has 0 radical (unpaired) electrons. The van der Waals surface area contributed by atoms with Gasteiger partial charge in [0.25, 0.3) is 5.91 Å². The lowest BCUT2D eigenvalue weighted by Crippen LogP contribution is -2.14. The molecule has 0 bridgehead atoms. The van der Waals surface area contributed by atoms with Gasteiger partial charge < -0.3 is 14.8 Å². The van der Waals surface area contributed by atoms with Gasteiger partial charge in [-0.25, -0.2) is 4.98 Å². The molecule has 0 aliphatic rings. The van der Waals surface area contributed by atoms with E-state index in [4.69, 9.17) is 9.47 Å². The molecule has 6 nitrogen and oxygen atoms in total. The molecular weight excluding hydrogens is 258 g/mol. The van der Waals surface area contributed by atoms with E-state index in [9.17, 15) is 4.79 Å². The number of anilines is 1. The van der Waals surface area contributed by atoms with Crippen LogP contribution in [0.15, 0.2) is 30.5 Å². The van der Waals surface area contributed by atoms with E-state index in [0.717, 1.165) is 5.56 Å². The highest BCUT2D eigenvalue weighted by atomic mass is 16.5. The second kappa shape index (κ2) is 6.01. The van der Waals surface area contributed by atoms with Gasteiger partial charge in [-0.1, -0.05) is 18.2 Å². The molecule has 0 unspecified atom stereocenters. The maximum absolute atomic E-state index is 12.2. The van der Waals surface area contributed by atoms with Crippen molar-refractivity contribution in [1.29, 1.82) is 0 Å². The van der Waals surface area contributed by atoms with Crippen molar-refractivity contribution >= 4 is 11.6 Å². The summed E-state index contributed by atoms with van der Waals surface area (Å²) >= 11 is 0. The minimum Gasteiger partial charge on any atom is -0.479 e. The van der Waals surface area contributed by atoms with Crippen LogP contribution in [0.3, 0.4) is 0 Å². The van der Waals surface area contributed by atoms with E-state index in [1.165, 1.54) is 20.4 Å². The maximum Gasteiger partial charge on any atom is 0.319 e. The summed E-state index contributed by atoms with van der Waals surface area (Å²) in [6, 6.07) is 7.49. The summed E-state index contributed by atoms with van der Waals surface area (Å²) in [5.41, 5.74) is 1.87. The van der Waals surface area contributed by atoms with Gasteiger partial charge in [0.05, 0.1) is 20.4 Å². The summed E-state index contributed by atoms with van der Waals surface area (Å²) in [6.45, 7) is 1.87. The van der Waals surface area contributed by atoms with Gasteiger partial charge in [-0.05, 0) is 18.6 Å². The topological polar surface area (TPSA) is 73.3 Å². The number of carbonyl (C=O) groups excluding carboxylic acids is 1. The standard InChI is InChI=1S/C14H15N3O3/c1-9-6-4-5-7-10(9)12(18)16-11-8-15-14(20-3)17-13(11)19-2/h4-8H,1-3H3,(H,16,18). The lowest BCUT2D eigenvalue weighted by Gasteiger charge is -2.10. The highest BCUT2D eigenvalue weighted by Gasteiger charge is 2.13. The number of benzene rings is 1. The molecule has 2 rings (SSSR count). The van der Waals surface area contributed by atoms with Crippen LogP contribution in [0.2, 0.25) is 0 Å². The molecule has 1 aromatic carbocycles. The summed E-state index contributed by atoms with van der Waals surface area (Å²) in [5, 5.41) is 2.73. The molecule has 104 valence electrons. The van der Waals surface area contributed by atoms with Gasteiger partial charge in [0, 0.05) is 5.56 Å². The average molecular weight is 273 g/mol. The highest BCUT2D eigenvalue weighted by Crippen LogP contribution is 2.23. The van der Waals surface area contributed by atoms with Crippen LogP contribution >= 0.6 is 0 Å². The molecule has 1 N–H and O–H groups in total. The highest BCUT2D eigenvalue weighted by molar-refractivity contribution is 6.05. The van der Waals surface area contributed by atoms with Crippen molar-refractivity contribution in [2.24, 2.45) is 0 Å². The Morgan fingerprint density at radius 2 is 1.95 bits per heavy atom. The molecular formula is C14H15N3O3. The summed E-state index contributed by atoms with van der Waals surface area (Å²) in [5.74, 6) is 0.00829. The first-order valence-corrected chi connectivity index (χ1v) is 5.97. The normalized spacial score (nSPS) is 9.95. The predicted octanol–water partition coefficient (Wildman–Crippen LogP) is 2.05. The Labute approximate surface area is 116 Å². The van der Waals surface area contributed by atoms with Crippen molar-refractivity contribution in [3.05, 3.63) is 41.6 Å². The molecule has 0 spiro atoms. The van der Waals surface area contributed by atoms with E-state index < -0.39 is 0 Å². The van der Waals surface area contributed by atoms with Crippen molar-refractivity contribution in [2.75, 3.05) is 19.5 Å². The Hall–Kier alpha value is -2.63. The fourth-order valence-corrected chi connectivity index (χ4v) is 1.71. The molecule has 0 aliphatic carbocycles. The molecule has 0 fully saturated rings. The van der Waals surface area contributed by atoms with E-state index in [-0.39, 0.29) is 17.8 Å². The number of hydrogen-bond donors (Lipinski definition) is 1. The minimum absolute atomic E-state index is 0.177. The molecule has 0 saturated heterocycles. The lowest BCUT2D eigenvalue weighted by atomic mass is 10.1. The molecule has 1 heterocycles. The molecule has 0 saturated carbocycles. The smallest absolute Gasteiger partial charge is 0.319 e. The van der Waals surface area contributed by atoms with Gasteiger partial charge in [-0.2, -0.15) is 4.98 Å². The summed E-state index contributed by atoms with van der Waals surface area (Å²) in [4.78, 5) is 20.2. The van der Waals surface area contributed by atoms with E-state index >= 15 is 0 Å². The molecule has 6 heteroatoms. The molecule has 20 heavy (non-hydrogen) atoms. The number of rotatable bonds is 4. The minimum atomic E-state index is -0.241. The number of nitrogens with one attached hydrogen (secondary N) is 1. The fourth-order valence-electron chi connectivity index (χ4n) is 1.71. The number of nitrogens with zero attached hydrogens (tertiary/aromatic N) is 2. The van der Waals surface area contributed by atoms with Crippen LogP contribution < -0.4 is 14.8 Å². The quantitative estimate of drug-likeness (QED) is 0.923. The maximum atomic E-state index is 12.2. The fraction of sp³-hybridized carbons (Fsp3) is 0.214. The molecule has 1 aromatic heterocycles. The zero-order chi connectivity index (χ0) is 14.5. The van der Waals surface area contributed by atoms with Crippen LogP contribution in [0.25, 0.3) is 0 Å². The number of aromatic nitrogens is 2. The van der Waals surface area contributed by atoms with Crippen LogP contribution in [0.1, 0.15) is 15.9 Å². The third kappa shape index (κ3) is 2.85. The number of ether oxygens (including phenoxy) is 2. The molecule has 2 aromatic rings. The van der Waals surface area contributed by atoms with Crippen molar-refractivity contribution < 1.29 is 14.3 Å². The Morgan fingerprint density at radius 3 is 2.60 bits per heavy atom. The Morgan fingerprint density at radius 1 is 1.20 bits per heavy atom.